The highest BCUT2D eigenvalue weighted by Gasteiger charge is 2.19. The molecule has 0 spiro atoms. The van der Waals surface area contributed by atoms with E-state index in [9.17, 15) is 0 Å². The van der Waals surface area contributed by atoms with E-state index in [2.05, 4.69) is 22.9 Å². The average Bonchev–Trinajstić information content (AvgIpc) is 2.54. The van der Waals surface area contributed by atoms with E-state index in [1.807, 2.05) is 12.4 Å². The zero-order valence-corrected chi connectivity index (χ0v) is 10.7. The quantitative estimate of drug-likeness (QED) is 0.869. The van der Waals surface area contributed by atoms with Gasteiger partial charge in [0.25, 0.3) is 0 Å². The van der Waals surface area contributed by atoms with E-state index >= 15 is 0 Å². The van der Waals surface area contributed by atoms with Crippen molar-refractivity contribution >= 4 is 0 Å². The molecule has 1 saturated heterocycles. The molecule has 0 amide bonds. The molecule has 3 nitrogen and oxygen atoms in total. The lowest BCUT2D eigenvalue weighted by molar-refractivity contribution is 0.195. The molecule has 17 heavy (non-hydrogen) atoms. The maximum atomic E-state index is 5.89. The molecule has 1 fully saturated rings. The van der Waals surface area contributed by atoms with E-state index in [0.717, 1.165) is 13.1 Å². The first-order valence-electron chi connectivity index (χ1n) is 6.64. The van der Waals surface area contributed by atoms with E-state index < -0.39 is 0 Å². The summed E-state index contributed by atoms with van der Waals surface area (Å²) in [4.78, 5) is 6.80. The summed E-state index contributed by atoms with van der Waals surface area (Å²) in [6, 6.07) is 2.78. The van der Waals surface area contributed by atoms with Crippen LogP contribution >= 0.6 is 0 Å². The number of pyridine rings is 1. The highest BCUT2D eigenvalue weighted by atomic mass is 15.2. The van der Waals surface area contributed by atoms with Gasteiger partial charge in [-0.1, -0.05) is 18.9 Å². The van der Waals surface area contributed by atoms with Crippen LogP contribution in [0.1, 0.15) is 36.8 Å². The molecule has 2 rings (SSSR count). The Morgan fingerprint density at radius 3 is 3.00 bits per heavy atom. The summed E-state index contributed by atoms with van der Waals surface area (Å²) in [5, 5.41) is 0. The molecule has 1 atom stereocenters. The summed E-state index contributed by atoms with van der Waals surface area (Å²) in [6.07, 6.45) is 9.10. The van der Waals surface area contributed by atoms with Gasteiger partial charge in [0.05, 0.1) is 0 Å². The predicted octanol–water partition coefficient (Wildman–Crippen LogP) is 2.09. The summed E-state index contributed by atoms with van der Waals surface area (Å²) in [5.74, 6) is 0. The van der Waals surface area contributed by atoms with Gasteiger partial charge in [0, 0.05) is 31.5 Å². The van der Waals surface area contributed by atoms with Crippen LogP contribution < -0.4 is 5.73 Å². The Morgan fingerprint density at radius 1 is 1.35 bits per heavy atom. The third-order valence-corrected chi connectivity index (χ3v) is 3.59. The Hall–Kier alpha value is -0.930. The normalized spacial score (nSPS) is 22.4. The van der Waals surface area contributed by atoms with Crippen LogP contribution in [0, 0.1) is 6.92 Å². The minimum atomic E-state index is 0.554. The second-order valence-corrected chi connectivity index (χ2v) is 5.08. The zero-order valence-electron chi connectivity index (χ0n) is 10.7. The van der Waals surface area contributed by atoms with Crippen molar-refractivity contribution in [1.82, 2.24) is 9.88 Å². The predicted molar refractivity (Wildman–Crippen MR) is 70.7 cm³/mol. The first-order valence-corrected chi connectivity index (χ1v) is 6.64. The molecule has 0 aromatic carbocycles. The second kappa shape index (κ2) is 6.12. The zero-order chi connectivity index (χ0) is 12.1. The van der Waals surface area contributed by atoms with Crippen LogP contribution in [0.5, 0.6) is 0 Å². The van der Waals surface area contributed by atoms with Crippen molar-refractivity contribution in [2.24, 2.45) is 5.73 Å². The number of aromatic nitrogens is 1. The average molecular weight is 233 g/mol. The molecule has 2 heterocycles. The Kier molecular flexibility index (Phi) is 4.51. The molecule has 1 aliphatic rings. The van der Waals surface area contributed by atoms with Crippen LogP contribution in [-0.2, 0) is 6.54 Å². The number of nitrogens with two attached hydrogens (primary N) is 1. The third kappa shape index (κ3) is 3.51. The fraction of sp³-hybridized carbons (Fsp3) is 0.643. The van der Waals surface area contributed by atoms with Crippen LogP contribution in [0.25, 0.3) is 0 Å². The summed E-state index contributed by atoms with van der Waals surface area (Å²) in [5.41, 5.74) is 8.44. The fourth-order valence-corrected chi connectivity index (χ4v) is 2.65. The monoisotopic (exact) mass is 233 g/mol. The van der Waals surface area contributed by atoms with Gasteiger partial charge in [0.1, 0.15) is 0 Å². The summed E-state index contributed by atoms with van der Waals surface area (Å²) in [6.45, 7) is 5.05. The van der Waals surface area contributed by atoms with Crippen molar-refractivity contribution in [2.45, 2.75) is 45.2 Å². The Morgan fingerprint density at radius 2 is 2.24 bits per heavy atom. The summed E-state index contributed by atoms with van der Waals surface area (Å²) in [7, 11) is 0. The van der Waals surface area contributed by atoms with Crippen molar-refractivity contribution < 1.29 is 0 Å². The maximum absolute atomic E-state index is 5.89. The van der Waals surface area contributed by atoms with Crippen molar-refractivity contribution in [3.05, 3.63) is 29.6 Å². The Balaban J connectivity index is 2.04. The molecule has 2 N–H and O–H groups in total. The molecule has 0 bridgehead atoms. The second-order valence-electron chi connectivity index (χ2n) is 5.08. The van der Waals surface area contributed by atoms with Gasteiger partial charge >= 0.3 is 0 Å². The van der Waals surface area contributed by atoms with Crippen molar-refractivity contribution in [3.63, 3.8) is 0 Å². The van der Waals surface area contributed by atoms with Gasteiger partial charge in [-0.3, -0.25) is 9.88 Å². The van der Waals surface area contributed by atoms with Gasteiger partial charge in [-0.15, -0.1) is 0 Å². The van der Waals surface area contributed by atoms with Crippen LogP contribution in [0.4, 0.5) is 0 Å². The molecule has 1 unspecified atom stereocenters. The van der Waals surface area contributed by atoms with Gasteiger partial charge in [-0.2, -0.15) is 0 Å². The molecule has 94 valence electrons. The molecule has 0 saturated carbocycles. The number of nitrogens with zero attached hydrogens (tertiary/aromatic N) is 2. The molecule has 1 aromatic heterocycles. The fourth-order valence-electron chi connectivity index (χ4n) is 2.65. The summed E-state index contributed by atoms with van der Waals surface area (Å²) >= 11 is 0. The van der Waals surface area contributed by atoms with Gasteiger partial charge < -0.3 is 5.73 Å². The number of hydrogen-bond donors (Lipinski definition) is 1. The number of aryl methyl sites for hydroxylation is 1. The SMILES string of the molecule is Cc1cncc(CN2CCCCCC2CN)c1. The molecule has 0 aliphatic carbocycles. The number of likely N-dealkylation sites (tertiary alicyclic amines) is 1. The lowest BCUT2D eigenvalue weighted by atomic mass is 10.1. The highest BCUT2D eigenvalue weighted by molar-refractivity contribution is 5.16. The highest BCUT2D eigenvalue weighted by Crippen LogP contribution is 2.18. The first-order chi connectivity index (χ1) is 8.29. The van der Waals surface area contributed by atoms with E-state index in [0.29, 0.717) is 6.04 Å². The summed E-state index contributed by atoms with van der Waals surface area (Å²) < 4.78 is 0. The van der Waals surface area contributed by atoms with Crippen LogP contribution in [0.2, 0.25) is 0 Å². The molecule has 1 aromatic rings. The lowest BCUT2D eigenvalue weighted by Gasteiger charge is -2.28. The Bertz CT molecular complexity index is 351. The van der Waals surface area contributed by atoms with Crippen molar-refractivity contribution in [1.29, 1.82) is 0 Å². The van der Waals surface area contributed by atoms with Gasteiger partial charge in [0.2, 0.25) is 0 Å². The van der Waals surface area contributed by atoms with Gasteiger partial charge in [-0.25, -0.2) is 0 Å². The van der Waals surface area contributed by atoms with Gasteiger partial charge in [0.15, 0.2) is 0 Å². The van der Waals surface area contributed by atoms with Crippen LogP contribution in [0.3, 0.4) is 0 Å². The molecule has 3 heteroatoms. The van der Waals surface area contributed by atoms with E-state index in [4.69, 9.17) is 5.73 Å². The smallest absolute Gasteiger partial charge is 0.0313 e. The standard InChI is InChI=1S/C14H23N3/c1-12-7-13(10-16-9-12)11-17-6-4-2-3-5-14(17)8-15/h7,9-10,14H,2-6,8,11,15H2,1H3. The van der Waals surface area contributed by atoms with E-state index in [-0.39, 0.29) is 0 Å². The van der Waals surface area contributed by atoms with Crippen LogP contribution in [0.15, 0.2) is 18.5 Å². The van der Waals surface area contributed by atoms with E-state index in [1.165, 1.54) is 43.4 Å². The van der Waals surface area contributed by atoms with Crippen molar-refractivity contribution in [3.8, 4) is 0 Å². The minimum absolute atomic E-state index is 0.554. The lowest BCUT2D eigenvalue weighted by Crippen LogP contribution is -2.39. The largest absolute Gasteiger partial charge is 0.329 e. The number of rotatable bonds is 3. The van der Waals surface area contributed by atoms with E-state index in [1.54, 1.807) is 0 Å². The first kappa shape index (κ1) is 12.5. The van der Waals surface area contributed by atoms with Gasteiger partial charge in [-0.05, 0) is 37.4 Å². The molecular weight excluding hydrogens is 210 g/mol. The molecular formula is C14H23N3. The van der Waals surface area contributed by atoms with Crippen molar-refractivity contribution in [2.75, 3.05) is 13.1 Å². The Labute approximate surface area is 104 Å². The molecule has 0 radical (unpaired) electrons. The minimum Gasteiger partial charge on any atom is -0.329 e. The maximum Gasteiger partial charge on any atom is 0.0313 e. The van der Waals surface area contributed by atoms with Crippen LogP contribution in [-0.4, -0.2) is 29.0 Å². The topological polar surface area (TPSA) is 42.2 Å². The number of hydrogen-bond acceptors (Lipinski definition) is 3. The molecule has 1 aliphatic heterocycles. The third-order valence-electron chi connectivity index (χ3n) is 3.59.